The van der Waals surface area contributed by atoms with Gasteiger partial charge in [-0.2, -0.15) is 0 Å². The zero-order chi connectivity index (χ0) is 22.9. The van der Waals surface area contributed by atoms with E-state index in [1.807, 2.05) is 0 Å². The molecule has 1 aliphatic heterocycles. The van der Waals surface area contributed by atoms with Gasteiger partial charge in [0.05, 0.1) is 18.7 Å². The number of carbonyl (C=O) groups excluding carboxylic acids is 3. The summed E-state index contributed by atoms with van der Waals surface area (Å²) >= 11 is 0. The van der Waals surface area contributed by atoms with Crippen molar-refractivity contribution in [3.63, 3.8) is 0 Å². The fraction of sp³-hybridized carbons (Fsp3) is 0.435. The summed E-state index contributed by atoms with van der Waals surface area (Å²) < 4.78 is 18.3. The van der Waals surface area contributed by atoms with Crippen LogP contribution in [0.5, 0.6) is 0 Å². The summed E-state index contributed by atoms with van der Waals surface area (Å²) in [6.07, 6.45) is 5.57. The van der Waals surface area contributed by atoms with Crippen LogP contribution in [0.2, 0.25) is 0 Å². The van der Waals surface area contributed by atoms with E-state index in [9.17, 15) is 18.8 Å². The topological polar surface area (TPSA) is 92.7 Å². The zero-order valence-electron chi connectivity index (χ0n) is 18.1. The summed E-state index contributed by atoms with van der Waals surface area (Å²) in [7, 11) is 0. The second-order valence-electron chi connectivity index (χ2n) is 7.60. The highest BCUT2D eigenvalue weighted by Crippen LogP contribution is 2.20. The van der Waals surface area contributed by atoms with Crippen LogP contribution >= 0.6 is 0 Å². The maximum atomic E-state index is 13.2. The summed E-state index contributed by atoms with van der Waals surface area (Å²) in [6, 6.07) is 5.88. The summed E-state index contributed by atoms with van der Waals surface area (Å²) in [4.78, 5) is 48.8. The van der Waals surface area contributed by atoms with Gasteiger partial charge >= 0.3 is 5.97 Å². The Bertz CT molecular complexity index is 915. The third-order valence-corrected chi connectivity index (χ3v) is 5.42. The normalized spacial score (nSPS) is 14.1. The molecule has 0 atom stereocenters. The fourth-order valence-corrected chi connectivity index (χ4v) is 3.65. The van der Waals surface area contributed by atoms with Gasteiger partial charge in [-0.15, -0.1) is 0 Å². The van der Waals surface area contributed by atoms with E-state index in [1.165, 1.54) is 35.6 Å². The number of amides is 2. The average molecular weight is 442 g/mol. The molecule has 2 aromatic rings. The number of piperidine rings is 1. The van der Waals surface area contributed by atoms with E-state index in [-0.39, 0.29) is 54.7 Å². The quantitative estimate of drug-likeness (QED) is 0.583. The molecule has 0 saturated carbocycles. The van der Waals surface area contributed by atoms with Gasteiger partial charge in [-0.1, -0.05) is 12.1 Å². The minimum Gasteiger partial charge on any atom is -0.466 e. The standard InChI is InChI=1S/C23H27FN4O4/c1-2-32-23(31)18-7-12-27(13-8-18)21(29)9-14-28(16-17-3-5-19(24)6-4-17)22(30)20-15-25-10-11-26-20/h3-6,10-11,15,18H,2,7-9,12-14,16H2,1H3. The molecule has 8 nitrogen and oxygen atoms in total. The number of benzene rings is 1. The van der Waals surface area contributed by atoms with Crippen LogP contribution in [-0.2, 0) is 20.9 Å². The Kier molecular flexibility index (Phi) is 8.24. The van der Waals surface area contributed by atoms with Crippen LogP contribution in [0.1, 0.15) is 42.2 Å². The Morgan fingerprint density at radius 2 is 1.88 bits per heavy atom. The molecule has 1 saturated heterocycles. The van der Waals surface area contributed by atoms with Gasteiger partial charge in [-0.05, 0) is 37.5 Å². The SMILES string of the molecule is CCOC(=O)C1CCN(C(=O)CCN(Cc2ccc(F)cc2)C(=O)c2cnccn2)CC1. The third-order valence-electron chi connectivity index (χ3n) is 5.42. The van der Waals surface area contributed by atoms with E-state index in [0.29, 0.717) is 32.5 Å². The van der Waals surface area contributed by atoms with Crippen molar-refractivity contribution in [2.45, 2.75) is 32.7 Å². The third kappa shape index (κ3) is 6.32. The molecule has 1 aromatic heterocycles. The van der Waals surface area contributed by atoms with Crippen LogP contribution in [0.4, 0.5) is 4.39 Å². The molecule has 1 fully saturated rings. The lowest BCUT2D eigenvalue weighted by atomic mass is 9.97. The van der Waals surface area contributed by atoms with Crippen molar-refractivity contribution in [2.24, 2.45) is 5.92 Å². The van der Waals surface area contributed by atoms with Gasteiger partial charge in [0.1, 0.15) is 11.5 Å². The van der Waals surface area contributed by atoms with Crippen molar-refractivity contribution >= 4 is 17.8 Å². The first-order valence-electron chi connectivity index (χ1n) is 10.7. The van der Waals surface area contributed by atoms with E-state index < -0.39 is 0 Å². The fourth-order valence-electron chi connectivity index (χ4n) is 3.65. The van der Waals surface area contributed by atoms with Crippen LogP contribution in [-0.4, -0.2) is 63.8 Å². The number of aromatic nitrogens is 2. The number of esters is 1. The molecule has 3 rings (SSSR count). The maximum Gasteiger partial charge on any atom is 0.309 e. The average Bonchev–Trinajstić information content (AvgIpc) is 2.83. The minimum absolute atomic E-state index is 0.0802. The molecule has 0 N–H and O–H groups in total. The lowest BCUT2D eigenvalue weighted by Crippen LogP contribution is -2.42. The second-order valence-corrected chi connectivity index (χ2v) is 7.60. The van der Waals surface area contributed by atoms with Crippen molar-refractivity contribution < 1.29 is 23.5 Å². The predicted molar refractivity (Wildman–Crippen MR) is 114 cm³/mol. The predicted octanol–water partition coefficient (Wildman–Crippen LogP) is 2.45. The van der Waals surface area contributed by atoms with E-state index in [1.54, 1.807) is 24.0 Å². The molecule has 0 bridgehead atoms. The van der Waals surface area contributed by atoms with Crippen molar-refractivity contribution in [3.8, 4) is 0 Å². The molecule has 0 unspecified atom stereocenters. The van der Waals surface area contributed by atoms with Crippen LogP contribution in [0.15, 0.2) is 42.9 Å². The van der Waals surface area contributed by atoms with Gasteiger partial charge in [-0.3, -0.25) is 19.4 Å². The molecule has 170 valence electrons. The number of ether oxygens (including phenoxy) is 1. The molecule has 2 amide bonds. The van der Waals surface area contributed by atoms with Crippen molar-refractivity contribution in [1.82, 2.24) is 19.8 Å². The van der Waals surface area contributed by atoms with Crippen molar-refractivity contribution in [3.05, 3.63) is 59.9 Å². The molecule has 0 aliphatic carbocycles. The number of hydrogen-bond donors (Lipinski definition) is 0. The first-order chi connectivity index (χ1) is 15.5. The Labute approximate surface area is 186 Å². The molecule has 32 heavy (non-hydrogen) atoms. The van der Waals surface area contributed by atoms with Gasteiger partial charge in [0, 0.05) is 45.0 Å². The van der Waals surface area contributed by atoms with E-state index in [0.717, 1.165) is 5.56 Å². The summed E-state index contributed by atoms with van der Waals surface area (Å²) in [5.74, 6) is -1.17. The Hall–Kier alpha value is -3.36. The lowest BCUT2D eigenvalue weighted by Gasteiger charge is -2.31. The highest BCUT2D eigenvalue weighted by atomic mass is 19.1. The molecular weight excluding hydrogens is 415 g/mol. The van der Waals surface area contributed by atoms with Crippen LogP contribution < -0.4 is 0 Å². The van der Waals surface area contributed by atoms with Crippen molar-refractivity contribution in [1.29, 1.82) is 0 Å². The number of carbonyl (C=O) groups is 3. The number of hydrogen-bond acceptors (Lipinski definition) is 6. The van der Waals surface area contributed by atoms with E-state index in [2.05, 4.69) is 9.97 Å². The van der Waals surface area contributed by atoms with Gasteiger partial charge in [0.25, 0.3) is 5.91 Å². The Balaban J connectivity index is 1.60. The molecule has 1 aliphatic rings. The van der Waals surface area contributed by atoms with Gasteiger partial charge in [-0.25, -0.2) is 9.37 Å². The molecule has 9 heteroatoms. The highest BCUT2D eigenvalue weighted by Gasteiger charge is 2.28. The molecular formula is C23H27FN4O4. The number of halogens is 1. The largest absolute Gasteiger partial charge is 0.466 e. The zero-order valence-corrected chi connectivity index (χ0v) is 18.1. The van der Waals surface area contributed by atoms with Crippen LogP contribution in [0.3, 0.4) is 0 Å². The van der Waals surface area contributed by atoms with E-state index in [4.69, 9.17) is 4.74 Å². The first kappa shape index (κ1) is 23.3. The van der Waals surface area contributed by atoms with Gasteiger partial charge in [0.15, 0.2) is 0 Å². The summed E-state index contributed by atoms with van der Waals surface area (Å²) in [5, 5.41) is 0. The van der Waals surface area contributed by atoms with Crippen LogP contribution in [0, 0.1) is 11.7 Å². The lowest BCUT2D eigenvalue weighted by molar-refractivity contribution is -0.151. The molecule has 0 radical (unpaired) electrons. The minimum atomic E-state index is -0.359. The monoisotopic (exact) mass is 442 g/mol. The van der Waals surface area contributed by atoms with Crippen LogP contribution in [0.25, 0.3) is 0 Å². The summed E-state index contributed by atoms with van der Waals surface area (Å²) in [5.41, 5.74) is 0.920. The number of likely N-dealkylation sites (tertiary alicyclic amines) is 1. The van der Waals surface area contributed by atoms with E-state index >= 15 is 0 Å². The number of rotatable bonds is 8. The molecule has 0 spiro atoms. The smallest absolute Gasteiger partial charge is 0.309 e. The highest BCUT2D eigenvalue weighted by molar-refractivity contribution is 5.92. The Morgan fingerprint density at radius 1 is 1.16 bits per heavy atom. The van der Waals surface area contributed by atoms with Gasteiger partial charge in [0.2, 0.25) is 5.91 Å². The number of nitrogens with zero attached hydrogens (tertiary/aromatic N) is 4. The maximum absolute atomic E-state index is 13.2. The Morgan fingerprint density at radius 3 is 2.50 bits per heavy atom. The molecule has 1 aromatic carbocycles. The second kappa shape index (κ2) is 11.3. The molecule has 2 heterocycles. The first-order valence-corrected chi connectivity index (χ1v) is 10.7. The van der Waals surface area contributed by atoms with Crippen molar-refractivity contribution in [2.75, 3.05) is 26.2 Å². The van der Waals surface area contributed by atoms with Gasteiger partial charge < -0.3 is 14.5 Å². The summed E-state index contributed by atoms with van der Waals surface area (Å²) in [6.45, 7) is 3.49.